The van der Waals surface area contributed by atoms with Crippen LogP contribution in [0.1, 0.15) is 39.9 Å². The van der Waals surface area contributed by atoms with Crippen LogP contribution in [-0.2, 0) is 56.8 Å². The molecular weight excluding hydrogens is 1300 g/mol. The predicted molar refractivity (Wildman–Crippen MR) is 271 cm³/mol. The summed E-state index contributed by atoms with van der Waals surface area (Å²) < 4.78 is 133. The SMILES string of the molecule is CCCOc1nn(/C([O-])=N/S(=O)(=O)c2ccccc2C(=O)OC)c(=O)n1C.COC(=O)c1ccc(I)cc1S(=O)(=O)NC(=O)Nc1nc(C)nc(OC)n1.COc1cc(OC)nc(NC(=O)NS(=O)(=O)N(C)S(C)(=O)=O)n1.[Na+].[Na+].[Na+]. The Hall–Kier alpha value is -4.89. The monoisotopic (exact) mass is 1340 g/mol. The van der Waals surface area contributed by atoms with Gasteiger partial charge in [-0.2, -0.15) is 50.8 Å². The molecule has 0 bridgehead atoms. The predicted octanol–water partition coefficient (Wildman–Crippen LogP) is -10.0. The Balaban J connectivity index is 0.00000115. The van der Waals surface area contributed by atoms with Crippen molar-refractivity contribution in [3.63, 3.8) is 0 Å². The molecule has 0 aliphatic rings. The van der Waals surface area contributed by atoms with Crippen LogP contribution in [0.2, 0.25) is 0 Å². The Labute approximate surface area is 537 Å². The topological polar surface area (TPSA) is 451 Å². The Morgan fingerprint density at radius 1 is 0.738 bits per heavy atom. The van der Waals surface area contributed by atoms with Crippen molar-refractivity contribution in [3.8, 4) is 23.8 Å². The van der Waals surface area contributed by atoms with Crippen LogP contribution in [0.15, 0.2) is 67.5 Å². The van der Waals surface area contributed by atoms with Crippen molar-refractivity contribution < 1.29 is 175 Å². The number of hydrogen-bond donors (Lipinski definition) is 4. The molecule has 0 aliphatic carbocycles. The second-order valence-electron chi connectivity index (χ2n) is 14.1. The first kappa shape index (κ1) is 75.1. The van der Waals surface area contributed by atoms with Crippen LogP contribution in [0, 0.1) is 10.5 Å². The summed E-state index contributed by atoms with van der Waals surface area (Å²) >= 11 is 1.88. The van der Waals surface area contributed by atoms with Gasteiger partial charge in [0.2, 0.25) is 33.7 Å². The van der Waals surface area contributed by atoms with Crippen molar-refractivity contribution in [2.75, 3.05) is 66.1 Å². The number of amides is 4. The number of ether oxygens (including phenoxy) is 6. The number of carbonyl (C=O) groups excluding carboxylic acids is 4. The van der Waals surface area contributed by atoms with Crippen molar-refractivity contribution in [2.24, 2.45) is 11.4 Å². The number of nitrogens with one attached hydrogen (secondary N) is 4. The average molecular weight is 1340 g/mol. The largest absolute Gasteiger partial charge is 1.00 e. The van der Waals surface area contributed by atoms with Gasteiger partial charge in [-0.1, -0.05) is 22.8 Å². The third-order valence-corrected chi connectivity index (χ3v) is 15.5. The number of halogens is 1. The zero-order valence-corrected chi connectivity index (χ0v) is 56.1. The molecule has 0 saturated heterocycles. The number of esters is 2. The van der Waals surface area contributed by atoms with Gasteiger partial charge in [-0.15, -0.1) is 5.10 Å². The van der Waals surface area contributed by atoms with E-state index in [2.05, 4.69) is 49.2 Å². The van der Waals surface area contributed by atoms with Crippen LogP contribution in [-0.4, -0.2) is 162 Å². The summed E-state index contributed by atoms with van der Waals surface area (Å²) in [6.07, 6.45) is 1.30. The summed E-state index contributed by atoms with van der Waals surface area (Å²) in [4.78, 5) is 77.4. The van der Waals surface area contributed by atoms with Crippen LogP contribution in [0.5, 0.6) is 23.8 Å². The molecule has 420 valence electrons. The Kier molecular flexibility index (Phi) is 31.2. The second-order valence-corrected chi connectivity index (χ2v) is 22.5. The van der Waals surface area contributed by atoms with Gasteiger partial charge in [0.05, 0.1) is 65.6 Å². The molecule has 0 aliphatic heterocycles. The van der Waals surface area contributed by atoms with Gasteiger partial charge >= 0.3 is 141 Å². The Bertz CT molecular complexity index is 3560. The fourth-order valence-electron chi connectivity index (χ4n) is 5.09. The molecule has 42 heteroatoms. The van der Waals surface area contributed by atoms with Gasteiger partial charge < -0.3 is 33.5 Å². The number of nitrogens with zero attached hydrogens (tertiary/aromatic N) is 10. The van der Waals surface area contributed by atoms with E-state index >= 15 is 0 Å². The van der Waals surface area contributed by atoms with Crippen LogP contribution in [0.3, 0.4) is 0 Å². The number of methoxy groups -OCH3 is 5. The minimum atomic E-state index is -4.61. The summed E-state index contributed by atoms with van der Waals surface area (Å²) in [5.41, 5.74) is -1.43. The zero-order valence-electron chi connectivity index (χ0n) is 44.7. The van der Waals surface area contributed by atoms with Crippen LogP contribution < -0.4 is 138 Å². The smallest absolute Gasteiger partial charge is 0.844 e. The number of urea groups is 2. The molecule has 0 unspecified atom stereocenters. The molecule has 0 radical (unpaired) electrons. The molecule has 3 heterocycles. The van der Waals surface area contributed by atoms with E-state index in [1.54, 1.807) is 11.6 Å². The van der Waals surface area contributed by atoms with E-state index in [-0.39, 0.29) is 156 Å². The molecule has 0 atom stereocenters. The van der Waals surface area contributed by atoms with Crippen molar-refractivity contribution in [1.82, 2.24) is 52.4 Å². The van der Waals surface area contributed by atoms with E-state index in [1.807, 2.05) is 34.8 Å². The van der Waals surface area contributed by atoms with Gasteiger partial charge in [0.15, 0.2) is 0 Å². The van der Waals surface area contributed by atoms with E-state index < -0.39 is 85.8 Å². The minimum Gasteiger partial charge on any atom is -0.844 e. The van der Waals surface area contributed by atoms with E-state index in [0.717, 1.165) is 31.9 Å². The normalized spacial score (nSPS) is 11.1. The molecule has 5 rings (SSSR count). The fourth-order valence-corrected chi connectivity index (χ4v) is 9.93. The number of aryl methyl sites for hydroxylation is 1. The molecule has 34 nitrogen and oxygen atoms in total. The molecule has 0 fully saturated rings. The molecule has 80 heavy (non-hydrogen) atoms. The average Bonchev–Trinajstić information content (AvgIpc) is 3.65. The second kappa shape index (κ2) is 33.3. The van der Waals surface area contributed by atoms with E-state index in [1.165, 1.54) is 75.6 Å². The minimum absolute atomic E-state index is 0. The number of aromatic nitrogens is 8. The van der Waals surface area contributed by atoms with Gasteiger partial charge in [0, 0.05) is 17.7 Å². The maximum absolute atomic E-state index is 12.6. The summed E-state index contributed by atoms with van der Waals surface area (Å²) in [5.74, 6) is -1.91. The molecular formula is C38H46IN14Na3O20S4+2. The summed E-state index contributed by atoms with van der Waals surface area (Å²) in [7, 11) is -9.42. The molecule has 2 aromatic carbocycles. The number of hydrogen-bond acceptors (Lipinski definition) is 26. The van der Waals surface area contributed by atoms with Crippen LogP contribution in [0.4, 0.5) is 21.5 Å². The number of anilines is 2. The standard InChI is InChI=1S/C15H18N4O7S.C14H14IN5O6S.C9H15N5O7S2.3Na/c1-4-9-26-14-16-19(15(22)18(14)2)13(21)17-27(23,24)11-8-6-5-7-10(11)12(20)25-3;1-7-16-12(19-14(17-7)26-3)18-13(22)20-27(23,24)10-6-8(15)4-5-9(10)11(21)25-2;1-14(22(4,16)17)23(18,19)13-9(15)12-8-10-6(20-2)5-7(11-8)21-3;;;/h5-8H,4,9H2,1-3H3,(H,17,21);4-6H,1-3H3,(H2,16,17,18,19,20,22);5H,1-4H3,(H2,10,11,12,13,15);;;/q;;;3*+1/p-1. The van der Waals surface area contributed by atoms with Crippen molar-refractivity contribution in [2.45, 2.75) is 30.1 Å². The van der Waals surface area contributed by atoms with Crippen molar-refractivity contribution in [3.05, 3.63) is 79.5 Å². The third kappa shape index (κ3) is 21.8. The Morgan fingerprint density at radius 3 is 1.77 bits per heavy atom. The first-order valence-electron chi connectivity index (χ1n) is 20.6. The quantitative estimate of drug-likeness (QED) is 0.0221. The number of carbonyl (C=O) groups is 4. The Morgan fingerprint density at radius 2 is 1.26 bits per heavy atom. The molecule has 4 N–H and O–H groups in total. The molecule has 4 amide bonds. The molecule has 0 spiro atoms. The van der Waals surface area contributed by atoms with Crippen LogP contribution in [0.25, 0.3) is 0 Å². The van der Waals surface area contributed by atoms with Crippen molar-refractivity contribution in [1.29, 1.82) is 0 Å². The van der Waals surface area contributed by atoms with E-state index in [0.29, 0.717) is 16.2 Å². The summed E-state index contributed by atoms with van der Waals surface area (Å²) in [6, 6.07) is 6.43. The maximum atomic E-state index is 12.6. The van der Waals surface area contributed by atoms with Gasteiger partial charge in [-0.25, -0.2) is 54.8 Å². The first-order chi connectivity index (χ1) is 35.9. The van der Waals surface area contributed by atoms with Crippen molar-refractivity contribution >= 4 is 105 Å². The van der Waals surface area contributed by atoms with Gasteiger partial charge in [-0.05, 0) is 66.3 Å². The van der Waals surface area contributed by atoms with E-state index in [9.17, 15) is 62.8 Å². The summed E-state index contributed by atoms with van der Waals surface area (Å²) in [5, 5.41) is 20.0. The van der Waals surface area contributed by atoms with Gasteiger partial charge in [-0.3, -0.25) is 10.6 Å². The molecule has 5 aromatic rings. The third-order valence-electron chi connectivity index (χ3n) is 8.68. The number of benzene rings is 2. The molecule has 0 saturated carbocycles. The number of rotatable bonds is 17. The number of sulfonamides is 3. The zero-order chi connectivity index (χ0) is 58.2. The fraction of sp³-hybridized carbons (Fsp3) is 0.316. The van der Waals surface area contributed by atoms with Crippen LogP contribution >= 0.6 is 22.6 Å². The van der Waals surface area contributed by atoms with Gasteiger partial charge in [0.25, 0.3) is 20.0 Å². The summed E-state index contributed by atoms with van der Waals surface area (Å²) in [6.45, 7) is 3.62. The molecule has 3 aromatic heterocycles. The maximum Gasteiger partial charge on any atom is 1.00 e. The first-order valence-corrected chi connectivity index (χ1v) is 27.9. The van der Waals surface area contributed by atoms with E-state index in [4.69, 9.17) is 18.9 Å². The van der Waals surface area contributed by atoms with Gasteiger partial charge in [0.1, 0.15) is 21.6 Å².